The average molecular weight is 330 g/mol. The quantitative estimate of drug-likeness (QED) is 0.484. The van der Waals surface area contributed by atoms with E-state index in [1.165, 1.54) is 48.1 Å². The first kappa shape index (κ1) is 15.7. The summed E-state index contributed by atoms with van der Waals surface area (Å²) >= 11 is 1.54. The predicted octanol–water partition coefficient (Wildman–Crippen LogP) is 4.02. The second kappa shape index (κ2) is 6.96. The van der Waals surface area contributed by atoms with E-state index >= 15 is 0 Å². The molecular weight excluding hydrogens is 312 g/mol. The van der Waals surface area contributed by atoms with Crippen molar-refractivity contribution in [3.05, 3.63) is 51.2 Å². The van der Waals surface area contributed by atoms with Crippen LogP contribution in [0.25, 0.3) is 0 Å². The molecule has 23 heavy (non-hydrogen) atoms. The van der Waals surface area contributed by atoms with Crippen LogP contribution in [0.2, 0.25) is 0 Å². The SMILES string of the molecule is COC(=O)c1ccc(OC(=O)c2cc3c(s2)CCCCC3)cc1. The summed E-state index contributed by atoms with van der Waals surface area (Å²) in [5.74, 6) is -0.329. The van der Waals surface area contributed by atoms with Crippen molar-refractivity contribution in [1.82, 2.24) is 0 Å². The van der Waals surface area contributed by atoms with Crippen LogP contribution in [0.15, 0.2) is 30.3 Å². The summed E-state index contributed by atoms with van der Waals surface area (Å²) in [6.45, 7) is 0. The highest BCUT2D eigenvalue weighted by Crippen LogP contribution is 2.29. The molecule has 3 rings (SSSR count). The van der Waals surface area contributed by atoms with Gasteiger partial charge in [-0.05, 0) is 61.6 Å². The molecule has 1 aliphatic rings. The number of aryl methyl sites for hydroxylation is 2. The van der Waals surface area contributed by atoms with Crippen LogP contribution in [0.4, 0.5) is 0 Å². The fourth-order valence-electron chi connectivity index (χ4n) is 2.70. The van der Waals surface area contributed by atoms with Crippen molar-refractivity contribution in [3.63, 3.8) is 0 Å². The highest BCUT2D eigenvalue weighted by atomic mass is 32.1. The van der Waals surface area contributed by atoms with Gasteiger partial charge in [-0.1, -0.05) is 6.42 Å². The van der Waals surface area contributed by atoms with Gasteiger partial charge < -0.3 is 9.47 Å². The standard InChI is InChI=1S/C18H18O4S/c1-21-17(19)12-7-9-14(10-8-12)22-18(20)16-11-13-5-3-2-4-6-15(13)23-16/h7-11H,2-6H2,1H3. The molecule has 0 unspecified atom stereocenters. The monoisotopic (exact) mass is 330 g/mol. The van der Waals surface area contributed by atoms with E-state index in [0.717, 1.165) is 12.8 Å². The molecule has 0 radical (unpaired) electrons. The van der Waals surface area contributed by atoms with Crippen molar-refractivity contribution in [3.8, 4) is 5.75 Å². The first-order valence-electron chi connectivity index (χ1n) is 7.69. The maximum atomic E-state index is 12.3. The molecule has 1 aromatic carbocycles. The molecule has 2 aromatic rings. The van der Waals surface area contributed by atoms with E-state index in [9.17, 15) is 9.59 Å². The lowest BCUT2D eigenvalue weighted by molar-refractivity contribution is 0.0600. The van der Waals surface area contributed by atoms with Crippen molar-refractivity contribution in [2.24, 2.45) is 0 Å². The molecule has 0 aliphatic heterocycles. The van der Waals surface area contributed by atoms with Crippen molar-refractivity contribution in [2.45, 2.75) is 32.1 Å². The third-order valence-electron chi connectivity index (χ3n) is 3.93. The lowest BCUT2D eigenvalue weighted by atomic mass is 10.1. The van der Waals surface area contributed by atoms with Gasteiger partial charge in [0.2, 0.25) is 0 Å². The van der Waals surface area contributed by atoms with E-state index < -0.39 is 5.97 Å². The van der Waals surface area contributed by atoms with Crippen LogP contribution in [0.1, 0.15) is 49.7 Å². The number of carbonyl (C=O) groups excluding carboxylic acids is 2. The Labute approximate surface area is 139 Å². The number of ether oxygens (including phenoxy) is 2. The maximum Gasteiger partial charge on any atom is 0.353 e. The molecule has 1 heterocycles. The highest BCUT2D eigenvalue weighted by molar-refractivity contribution is 7.14. The number of thiophene rings is 1. The van der Waals surface area contributed by atoms with Crippen LogP contribution in [0.5, 0.6) is 5.75 Å². The van der Waals surface area contributed by atoms with Crippen LogP contribution < -0.4 is 4.74 Å². The number of hydrogen-bond donors (Lipinski definition) is 0. The minimum absolute atomic E-state index is 0.339. The molecule has 120 valence electrons. The van der Waals surface area contributed by atoms with E-state index in [0.29, 0.717) is 16.2 Å². The minimum Gasteiger partial charge on any atom is -0.465 e. The van der Waals surface area contributed by atoms with Gasteiger partial charge in [0.05, 0.1) is 12.7 Å². The Morgan fingerprint density at radius 1 is 1.00 bits per heavy atom. The molecule has 0 spiro atoms. The zero-order valence-electron chi connectivity index (χ0n) is 13.0. The molecule has 0 saturated heterocycles. The normalized spacial score (nSPS) is 13.8. The Balaban J connectivity index is 1.70. The summed E-state index contributed by atoms with van der Waals surface area (Å²) < 4.78 is 10.0. The van der Waals surface area contributed by atoms with Crippen LogP contribution in [-0.4, -0.2) is 19.0 Å². The number of fused-ring (bicyclic) bond motifs is 1. The van der Waals surface area contributed by atoms with Gasteiger partial charge in [0.15, 0.2) is 0 Å². The number of rotatable bonds is 3. The van der Waals surface area contributed by atoms with Crippen LogP contribution in [-0.2, 0) is 17.6 Å². The Morgan fingerprint density at radius 2 is 1.74 bits per heavy atom. The highest BCUT2D eigenvalue weighted by Gasteiger charge is 2.18. The molecule has 0 amide bonds. The van der Waals surface area contributed by atoms with E-state index in [2.05, 4.69) is 4.74 Å². The van der Waals surface area contributed by atoms with E-state index in [4.69, 9.17) is 4.74 Å². The predicted molar refractivity (Wildman–Crippen MR) is 88.3 cm³/mol. The zero-order chi connectivity index (χ0) is 16.2. The fourth-order valence-corrected chi connectivity index (χ4v) is 3.83. The average Bonchev–Trinajstić information content (AvgIpc) is 2.86. The maximum absolute atomic E-state index is 12.3. The summed E-state index contributed by atoms with van der Waals surface area (Å²) in [5.41, 5.74) is 1.72. The van der Waals surface area contributed by atoms with Crippen molar-refractivity contribution in [2.75, 3.05) is 7.11 Å². The molecule has 0 atom stereocenters. The molecular formula is C18H18O4S. The number of carbonyl (C=O) groups is 2. The van der Waals surface area contributed by atoms with Gasteiger partial charge in [0, 0.05) is 4.88 Å². The number of methoxy groups -OCH3 is 1. The topological polar surface area (TPSA) is 52.6 Å². The van der Waals surface area contributed by atoms with Crippen molar-refractivity contribution in [1.29, 1.82) is 0 Å². The van der Waals surface area contributed by atoms with Crippen molar-refractivity contribution >= 4 is 23.3 Å². The Morgan fingerprint density at radius 3 is 2.48 bits per heavy atom. The van der Waals surface area contributed by atoms with Crippen molar-refractivity contribution < 1.29 is 19.1 Å². The smallest absolute Gasteiger partial charge is 0.353 e. The molecule has 4 nitrogen and oxygen atoms in total. The summed E-state index contributed by atoms with van der Waals surface area (Å²) in [6, 6.07) is 8.33. The van der Waals surface area contributed by atoms with Gasteiger partial charge >= 0.3 is 11.9 Å². The largest absolute Gasteiger partial charge is 0.465 e. The summed E-state index contributed by atoms with van der Waals surface area (Å²) in [5, 5.41) is 0. The van der Waals surface area contributed by atoms with E-state index in [1.807, 2.05) is 6.07 Å². The van der Waals surface area contributed by atoms with E-state index in [-0.39, 0.29) is 5.97 Å². The molecule has 0 bridgehead atoms. The molecule has 0 fully saturated rings. The van der Waals surface area contributed by atoms with Gasteiger partial charge in [0.25, 0.3) is 0 Å². The van der Waals surface area contributed by atoms with Gasteiger partial charge in [-0.15, -0.1) is 11.3 Å². The number of benzene rings is 1. The molecule has 1 aromatic heterocycles. The van der Waals surface area contributed by atoms with Gasteiger partial charge in [-0.3, -0.25) is 0 Å². The van der Waals surface area contributed by atoms with Gasteiger partial charge in [0.1, 0.15) is 10.6 Å². The molecule has 0 N–H and O–H groups in total. The zero-order valence-corrected chi connectivity index (χ0v) is 13.8. The third-order valence-corrected chi connectivity index (χ3v) is 5.15. The Hall–Kier alpha value is -2.14. The van der Waals surface area contributed by atoms with Crippen LogP contribution in [0, 0.1) is 0 Å². The second-order valence-corrected chi connectivity index (χ2v) is 6.66. The van der Waals surface area contributed by atoms with Gasteiger partial charge in [-0.25, -0.2) is 9.59 Å². The third kappa shape index (κ3) is 3.62. The number of esters is 2. The fraction of sp³-hybridized carbons (Fsp3) is 0.333. The molecule has 5 heteroatoms. The molecule has 0 saturated carbocycles. The lowest BCUT2D eigenvalue weighted by Crippen LogP contribution is -2.07. The summed E-state index contributed by atoms with van der Waals surface area (Å²) in [6.07, 6.45) is 5.74. The van der Waals surface area contributed by atoms with Crippen LogP contribution in [0.3, 0.4) is 0 Å². The summed E-state index contributed by atoms with van der Waals surface area (Å²) in [4.78, 5) is 25.6. The second-order valence-electron chi connectivity index (χ2n) is 5.53. The summed E-state index contributed by atoms with van der Waals surface area (Å²) in [7, 11) is 1.33. The Bertz CT molecular complexity index is 692. The van der Waals surface area contributed by atoms with E-state index in [1.54, 1.807) is 24.3 Å². The first-order chi connectivity index (χ1) is 11.2. The lowest BCUT2D eigenvalue weighted by Gasteiger charge is -2.04. The molecule has 1 aliphatic carbocycles. The van der Waals surface area contributed by atoms with Gasteiger partial charge in [-0.2, -0.15) is 0 Å². The number of hydrogen-bond acceptors (Lipinski definition) is 5. The first-order valence-corrected chi connectivity index (χ1v) is 8.51. The Kier molecular flexibility index (Phi) is 4.76. The van der Waals surface area contributed by atoms with Crippen LogP contribution >= 0.6 is 11.3 Å². The minimum atomic E-state index is -0.412.